The Bertz CT molecular complexity index is 455. The van der Waals surface area contributed by atoms with Crippen molar-refractivity contribution in [3.05, 3.63) is 34.3 Å². The molecule has 0 amide bonds. The number of hydrogen-bond donors (Lipinski definition) is 1. The molecule has 96 valence electrons. The van der Waals surface area contributed by atoms with E-state index in [4.69, 9.17) is 0 Å². The Morgan fingerprint density at radius 1 is 1.39 bits per heavy atom. The van der Waals surface area contributed by atoms with Crippen molar-refractivity contribution in [3.63, 3.8) is 0 Å². The van der Waals surface area contributed by atoms with Crippen molar-refractivity contribution in [2.45, 2.75) is 25.7 Å². The van der Waals surface area contributed by atoms with E-state index in [0.717, 1.165) is 35.9 Å². The summed E-state index contributed by atoms with van der Waals surface area (Å²) in [5.74, 6) is 2.75. The van der Waals surface area contributed by atoms with Gasteiger partial charge in [-0.25, -0.2) is 0 Å². The summed E-state index contributed by atoms with van der Waals surface area (Å²) in [6.07, 6.45) is 2.42. The summed E-state index contributed by atoms with van der Waals surface area (Å²) in [4.78, 5) is 2.32. The van der Waals surface area contributed by atoms with Crippen LogP contribution in [0.15, 0.2) is 33.8 Å². The van der Waals surface area contributed by atoms with Gasteiger partial charge in [0.1, 0.15) is 12.5 Å². The van der Waals surface area contributed by atoms with E-state index in [2.05, 4.69) is 62.5 Å². The fraction of sp³-hybridized carbons (Fsp3) is 0.500. The van der Waals surface area contributed by atoms with Gasteiger partial charge < -0.3 is 4.90 Å². The molecule has 3 nitrogen and oxygen atoms in total. The summed E-state index contributed by atoms with van der Waals surface area (Å²) in [5.41, 5.74) is 4.55. The maximum atomic E-state index is 4.40. The minimum absolute atomic E-state index is 0.736. The SMILES string of the molecule is CCN1CNN=C1CC1CC1c1ccc(Br)cc1. The summed E-state index contributed by atoms with van der Waals surface area (Å²) in [6.45, 7) is 4.10. The minimum Gasteiger partial charge on any atom is -0.340 e. The number of halogens is 1. The third kappa shape index (κ3) is 2.39. The van der Waals surface area contributed by atoms with Gasteiger partial charge in [-0.3, -0.25) is 5.43 Å². The van der Waals surface area contributed by atoms with Crippen molar-refractivity contribution in [2.75, 3.05) is 13.2 Å². The molecule has 1 saturated carbocycles. The van der Waals surface area contributed by atoms with Crippen LogP contribution in [0.25, 0.3) is 0 Å². The molecule has 1 aliphatic heterocycles. The van der Waals surface area contributed by atoms with Crippen LogP contribution >= 0.6 is 15.9 Å². The Labute approximate surface area is 116 Å². The molecule has 2 unspecified atom stereocenters. The monoisotopic (exact) mass is 307 g/mol. The molecule has 3 rings (SSSR count). The summed E-state index contributed by atoms with van der Waals surface area (Å²) < 4.78 is 1.16. The highest BCUT2D eigenvalue weighted by atomic mass is 79.9. The van der Waals surface area contributed by atoms with Gasteiger partial charge in [-0.1, -0.05) is 28.1 Å². The van der Waals surface area contributed by atoms with Crippen molar-refractivity contribution in [1.29, 1.82) is 0 Å². The minimum atomic E-state index is 0.736. The summed E-state index contributed by atoms with van der Waals surface area (Å²) in [5, 5.41) is 4.40. The molecule has 0 bridgehead atoms. The third-order valence-corrected chi connectivity index (χ3v) is 4.41. The molecule has 18 heavy (non-hydrogen) atoms. The van der Waals surface area contributed by atoms with E-state index in [1.807, 2.05) is 0 Å². The van der Waals surface area contributed by atoms with Gasteiger partial charge in [0.2, 0.25) is 0 Å². The summed E-state index contributed by atoms with van der Waals surface area (Å²) >= 11 is 3.48. The molecule has 2 atom stereocenters. The first-order valence-electron chi connectivity index (χ1n) is 6.57. The van der Waals surface area contributed by atoms with Crippen LogP contribution in [0.4, 0.5) is 0 Å². The maximum Gasteiger partial charge on any atom is 0.126 e. The molecule has 1 N–H and O–H groups in total. The molecule has 0 spiro atoms. The molecular formula is C14H18BrN3. The number of hydrazone groups is 1. The van der Waals surface area contributed by atoms with Crippen LogP contribution in [-0.2, 0) is 0 Å². The lowest BCUT2D eigenvalue weighted by Gasteiger charge is -2.16. The number of hydrogen-bond acceptors (Lipinski definition) is 3. The van der Waals surface area contributed by atoms with E-state index in [0.29, 0.717) is 0 Å². The Morgan fingerprint density at radius 2 is 2.17 bits per heavy atom. The number of nitrogens with one attached hydrogen (secondary N) is 1. The van der Waals surface area contributed by atoms with Gasteiger partial charge >= 0.3 is 0 Å². The van der Waals surface area contributed by atoms with Crippen LogP contribution in [0, 0.1) is 5.92 Å². The fourth-order valence-electron chi connectivity index (χ4n) is 2.67. The lowest BCUT2D eigenvalue weighted by Crippen LogP contribution is -2.29. The highest BCUT2D eigenvalue weighted by Crippen LogP contribution is 2.50. The van der Waals surface area contributed by atoms with Crippen LogP contribution < -0.4 is 5.43 Å². The average Bonchev–Trinajstić information content (AvgIpc) is 2.99. The second-order valence-electron chi connectivity index (χ2n) is 5.06. The zero-order valence-corrected chi connectivity index (χ0v) is 12.2. The lowest BCUT2D eigenvalue weighted by molar-refractivity contribution is 0.437. The Kier molecular flexibility index (Phi) is 3.29. The van der Waals surface area contributed by atoms with Gasteiger partial charge in [-0.05, 0) is 42.9 Å². The molecule has 1 fully saturated rings. The van der Waals surface area contributed by atoms with Crippen LogP contribution in [-0.4, -0.2) is 23.9 Å². The van der Waals surface area contributed by atoms with Crippen LogP contribution in [0.2, 0.25) is 0 Å². The van der Waals surface area contributed by atoms with E-state index < -0.39 is 0 Å². The molecule has 1 aromatic rings. The fourth-order valence-corrected chi connectivity index (χ4v) is 2.93. The first-order valence-corrected chi connectivity index (χ1v) is 7.37. The first-order chi connectivity index (χ1) is 8.78. The van der Waals surface area contributed by atoms with Gasteiger partial charge in [0.05, 0.1) is 0 Å². The molecule has 0 saturated heterocycles. The predicted octanol–water partition coefficient (Wildman–Crippen LogP) is 3.14. The second kappa shape index (κ2) is 4.92. The van der Waals surface area contributed by atoms with E-state index in [-0.39, 0.29) is 0 Å². The van der Waals surface area contributed by atoms with Crippen LogP contribution in [0.1, 0.15) is 31.2 Å². The molecule has 4 heteroatoms. The zero-order chi connectivity index (χ0) is 12.5. The van der Waals surface area contributed by atoms with Crippen molar-refractivity contribution >= 4 is 21.8 Å². The standard InChI is InChI=1S/C14H18BrN3/c1-2-18-9-16-17-14(18)8-11-7-13(11)10-3-5-12(15)6-4-10/h3-6,11,13,16H,2,7-9H2,1H3. The topological polar surface area (TPSA) is 27.6 Å². The quantitative estimate of drug-likeness (QED) is 0.925. The highest BCUT2D eigenvalue weighted by molar-refractivity contribution is 9.10. The van der Waals surface area contributed by atoms with Crippen molar-refractivity contribution in [1.82, 2.24) is 10.3 Å². The maximum absolute atomic E-state index is 4.40. The van der Waals surface area contributed by atoms with Gasteiger partial charge in [-0.15, -0.1) is 0 Å². The Hall–Kier alpha value is -1.03. The molecular weight excluding hydrogens is 290 g/mol. The van der Waals surface area contributed by atoms with Gasteiger partial charge in [-0.2, -0.15) is 5.10 Å². The second-order valence-corrected chi connectivity index (χ2v) is 5.97. The van der Waals surface area contributed by atoms with E-state index in [9.17, 15) is 0 Å². The molecule has 1 aromatic carbocycles. The van der Waals surface area contributed by atoms with E-state index >= 15 is 0 Å². The van der Waals surface area contributed by atoms with Crippen molar-refractivity contribution in [3.8, 4) is 0 Å². The summed E-state index contributed by atoms with van der Waals surface area (Å²) in [6, 6.07) is 8.75. The number of benzene rings is 1. The predicted molar refractivity (Wildman–Crippen MR) is 77.4 cm³/mol. The third-order valence-electron chi connectivity index (χ3n) is 3.88. The van der Waals surface area contributed by atoms with Crippen LogP contribution in [0.5, 0.6) is 0 Å². The van der Waals surface area contributed by atoms with Gasteiger partial charge in [0.15, 0.2) is 0 Å². The lowest BCUT2D eigenvalue weighted by atomic mass is 10.1. The first kappa shape index (κ1) is 12.0. The van der Waals surface area contributed by atoms with Crippen molar-refractivity contribution in [2.24, 2.45) is 11.0 Å². The van der Waals surface area contributed by atoms with Crippen molar-refractivity contribution < 1.29 is 0 Å². The van der Waals surface area contributed by atoms with E-state index in [1.54, 1.807) is 0 Å². The molecule has 1 aliphatic carbocycles. The number of nitrogens with zero attached hydrogens (tertiary/aromatic N) is 2. The molecule has 1 heterocycles. The van der Waals surface area contributed by atoms with Crippen LogP contribution in [0.3, 0.4) is 0 Å². The number of rotatable bonds is 4. The number of amidine groups is 1. The molecule has 2 aliphatic rings. The normalized spacial score (nSPS) is 25.9. The molecule has 0 radical (unpaired) electrons. The zero-order valence-electron chi connectivity index (χ0n) is 10.6. The molecule has 0 aromatic heterocycles. The highest BCUT2D eigenvalue weighted by Gasteiger charge is 2.40. The van der Waals surface area contributed by atoms with Gasteiger partial charge in [0.25, 0.3) is 0 Å². The van der Waals surface area contributed by atoms with E-state index in [1.165, 1.54) is 17.8 Å². The summed E-state index contributed by atoms with van der Waals surface area (Å²) in [7, 11) is 0. The smallest absolute Gasteiger partial charge is 0.126 e. The average molecular weight is 308 g/mol. The largest absolute Gasteiger partial charge is 0.340 e. The Morgan fingerprint density at radius 3 is 2.89 bits per heavy atom. The van der Waals surface area contributed by atoms with Gasteiger partial charge in [0, 0.05) is 17.4 Å². The Balaban J connectivity index is 1.60.